The van der Waals surface area contributed by atoms with Gasteiger partial charge >= 0.3 is 12.1 Å². The first kappa shape index (κ1) is 26.4. The predicted molar refractivity (Wildman–Crippen MR) is 142 cm³/mol. The number of hydrogen-bond donors (Lipinski definition) is 2. The van der Waals surface area contributed by atoms with Gasteiger partial charge in [0.25, 0.3) is 5.91 Å². The molecule has 0 bridgehead atoms. The van der Waals surface area contributed by atoms with Crippen LogP contribution in [0.1, 0.15) is 41.6 Å². The summed E-state index contributed by atoms with van der Waals surface area (Å²) in [7, 11) is 0. The molecule has 0 radical (unpaired) electrons. The molecule has 2 N–H and O–H groups in total. The Morgan fingerprint density at radius 1 is 0.947 bits per heavy atom. The summed E-state index contributed by atoms with van der Waals surface area (Å²) in [6, 6.07) is 20.2. The molecule has 1 atom stereocenters. The number of nitrogens with one attached hydrogen (secondary N) is 2. The average Bonchev–Trinajstić information content (AvgIpc) is 3.24. The fourth-order valence-corrected chi connectivity index (χ4v) is 3.94. The number of amides is 2. The number of anilines is 2. The van der Waals surface area contributed by atoms with E-state index in [9.17, 15) is 14.4 Å². The summed E-state index contributed by atoms with van der Waals surface area (Å²) in [5.41, 5.74) is 2.76. The van der Waals surface area contributed by atoms with Crippen LogP contribution in [0, 0.1) is 6.92 Å². The van der Waals surface area contributed by atoms with E-state index in [4.69, 9.17) is 25.6 Å². The molecule has 0 aliphatic rings. The molecule has 10 heteroatoms. The van der Waals surface area contributed by atoms with Gasteiger partial charge in [0.1, 0.15) is 17.5 Å². The molecular formula is C28H24ClN3O6. The summed E-state index contributed by atoms with van der Waals surface area (Å²) >= 11 is 6.20. The van der Waals surface area contributed by atoms with Crippen LogP contribution in [0.3, 0.4) is 0 Å². The molecule has 0 spiro atoms. The Balaban J connectivity index is 1.46. The molecule has 0 saturated carbocycles. The Morgan fingerprint density at radius 3 is 2.34 bits per heavy atom. The quantitative estimate of drug-likeness (QED) is 0.198. The van der Waals surface area contributed by atoms with Crippen molar-refractivity contribution in [3.63, 3.8) is 0 Å². The molecule has 3 aromatic carbocycles. The molecule has 1 unspecified atom stereocenters. The van der Waals surface area contributed by atoms with Gasteiger partial charge in [0, 0.05) is 28.6 Å². The maximum atomic E-state index is 12.8. The number of carbonyl (C=O) groups excluding carboxylic acids is 3. The number of halogens is 1. The van der Waals surface area contributed by atoms with E-state index in [-0.39, 0.29) is 5.75 Å². The van der Waals surface area contributed by atoms with Crippen molar-refractivity contribution in [2.24, 2.45) is 0 Å². The summed E-state index contributed by atoms with van der Waals surface area (Å²) in [4.78, 5) is 36.7. The summed E-state index contributed by atoms with van der Waals surface area (Å²) in [6.45, 7) is 4.68. The Bertz CT molecular complexity index is 1480. The molecule has 4 aromatic rings. The third-order valence-corrected chi connectivity index (χ3v) is 5.86. The number of benzene rings is 3. The van der Waals surface area contributed by atoms with Gasteiger partial charge in [0.15, 0.2) is 11.5 Å². The van der Waals surface area contributed by atoms with Crippen LogP contribution in [-0.2, 0) is 9.53 Å². The fraction of sp³-hybridized carbons (Fsp3) is 0.143. The maximum absolute atomic E-state index is 12.8. The van der Waals surface area contributed by atoms with Gasteiger partial charge in [0.2, 0.25) is 0 Å². The zero-order chi connectivity index (χ0) is 27.2. The van der Waals surface area contributed by atoms with E-state index in [0.717, 1.165) is 0 Å². The second kappa shape index (κ2) is 11.6. The summed E-state index contributed by atoms with van der Waals surface area (Å²) in [5, 5.41) is 9.87. The number of carbonyl (C=O) groups is 3. The van der Waals surface area contributed by atoms with Crippen molar-refractivity contribution in [2.75, 3.05) is 10.6 Å². The number of rotatable bonds is 7. The molecule has 0 saturated heterocycles. The van der Waals surface area contributed by atoms with Gasteiger partial charge < -0.3 is 19.3 Å². The highest BCUT2D eigenvalue weighted by Gasteiger charge is 2.21. The van der Waals surface area contributed by atoms with Crippen LogP contribution in [0.2, 0.25) is 5.02 Å². The molecule has 194 valence electrons. The molecule has 2 amide bonds. The van der Waals surface area contributed by atoms with E-state index < -0.39 is 24.1 Å². The van der Waals surface area contributed by atoms with E-state index in [2.05, 4.69) is 15.8 Å². The van der Waals surface area contributed by atoms with Crippen molar-refractivity contribution < 1.29 is 28.4 Å². The number of aromatic nitrogens is 1. The van der Waals surface area contributed by atoms with Crippen LogP contribution in [0.15, 0.2) is 77.3 Å². The molecule has 0 aliphatic carbocycles. The molecule has 4 rings (SSSR count). The lowest BCUT2D eigenvalue weighted by Crippen LogP contribution is -2.17. The van der Waals surface area contributed by atoms with Crippen LogP contribution >= 0.6 is 11.6 Å². The van der Waals surface area contributed by atoms with Crippen molar-refractivity contribution in [3.05, 3.63) is 94.6 Å². The number of nitrogens with zero attached hydrogens (tertiary/aromatic N) is 1. The first-order valence-electron chi connectivity index (χ1n) is 11.6. The fourth-order valence-electron chi connectivity index (χ4n) is 3.66. The molecule has 1 aromatic heterocycles. The Hall–Kier alpha value is -4.63. The monoisotopic (exact) mass is 533 g/mol. The first-order chi connectivity index (χ1) is 18.2. The summed E-state index contributed by atoms with van der Waals surface area (Å²) < 4.78 is 16.1. The SMILES string of the molecule is CC(=O)Oc1ccccc1NC(=O)c1ccc(-c2onc(C)c2NC(=O)OC(C)c2ccccc2Cl)cc1. The van der Waals surface area contributed by atoms with Crippen molar-refractivity contribution in [1.29, 1.82) is 0 Å². The van der Waals surface area contributed by atoms with Gasteiger partial charge in [0.05, 0.1) is 5.69 Å². The second-order valence-corrected chi connectivity index (χ2v) is 8.69. The maximum Gasteiger partial charge on any atom is 0.412 e. The third-order valence-electron chi connectivity index (χ3n) is 5.52. The summed E-state index contributed by atoms with van der Waals surface area (Å²) in [5.74, 6) is -0.351. The van der Waals surface area contributed by atoms with Gasteiger partial charge in [-0.25, -0.2) is 4.79 Å². The Morgan fingerprint density at radius 2 is 1.63 bits per heavy atom. The highest BCUT2D eigenvalue weighted by atomic mass is 35.5. The van der Waals surface area contributed by atoms with E-state index in [1.54, 1.807) is 80.6 Å². The minimum Gasteiger partial charge on any atom is -0.441 e. The molecule has 1 heterocycles. The number of esters is 1. The second-order valence-electron chi connectivity index (χ2n) is 8.29. The van der Waals surface area contributed by atoms with Crippen LogP contribution in [0.25, 0.3) is 11.3 Å². The number of ether oxygens (including phenoxy) is 2. The van der Waals surface area contributed by atoms with E-state index >= 15 is 0 Å². The number of hydrogen-bond acceptors (Lipinski definition) is 7. The smallest absolute Gasteiger partial charge is 0.412 e. The van der Waals surface area contributed by atoms with Gasteiger partial charge in [-0.3, -0.25) is 14.9 Å². The molecule has 38 heavy (non-hydrogen) atoms. The average molecular weight is 534 g/mol. The topological polar surface area (TPSA) is 120 Å². The van der Waals surface area contributed by atoms with Gasteiger partial charge in [-0.05, 0) is 44.2 Å². The highest BCUT2D eigenvalue weighted by Crippen LogP contribution is 2.32. The predicted octanol–water partition coefficient (Wildman–Crippen LogP) is 6.79. The Labute approximate surface area is 223 Å². The van der Waals surface area contributed by atoms with E-state index in [0.29, 0.717) is 44.5 Å². The van der Waals surface area contributed by atoms with Gasteiger partial charge in [-0.15, -0.1) is 0 Å². The Kier molecular flexibility index (Phi) is 8.08. The van der Waals surface area contributed by atoms with Crippen LogP contribution in [0.5, 0.6) is 5.75 Å². The normalized spacial score (nSPS) is 11.4. The van der Waals surface area contributed by atoms with Crippen LogP contribution in [-0.4, -0.2) is 23.1 Å². The van der Waals surface area contributed by atoms with Crippen molar-refractivity contribution in [3.8, 4) is 17.1 Å². The molecule has 0 fully saturated rings. The number of para-hydroxylation sites is 2. The van der Waals surface area contributed by atoms with Crippen molar-refractivity contribution >= 4 is 40.9 Å². The summed E-state index contributed by atoms with van der Waals surface area (Å²) in [6.07, 6.45) is -1.29. The van der Waals surface area contributed by atoms with Crippen LogP contribution < -0.4 is 15.4 Å². The lowest BCUT2D eigenvalue weighted by molar-refractivity contribution is -0.131. The van der Waals surface area contributed by atoms with E-state index in [1.807, 2.05) is 6.07 Å². The lowest BCUT2D eigenvalue weighted by Gasteiger charge is -2.15. The standard InChI is InChI=1S/C28H24ClN3O6/c1-16-25(31-28(35)36-17(2)21-8-4-5-9-22(21)29)26(38-32-16)19-12-14-20(15-13-19)27(34)30-23-10-6-7-11-24(23)37-18(3)33/h4-15,17H,1-3H3,(H,30,34)(H,31,35). The third kappa shape index (κ3) is 6.19. The minimum absolute atomic E-state index is 0.244. The van der Waals surface area contributed by atoms with E-state index in [1.165, 1.54) is 6.92 Å². The van der Waals surface area contributed by atoms with Gasteiger partial charge in [-0.2, -0.15) is 0 Å². The minimum atomic E-state index is -0.701. The van der Waals surface area contributed by atoms with Crippen molar-refractivity contribution in [1.82, 2.24) is 5.16 Å². The lowest BCUT2D eigenvalue weighted by atomic mass is 10.1. The zero-order valence-electron chi connectivity index (χ0n) is 20.8. The highest BCUT2D eigenvalue weighted by molar-refractivity contribution is 6.31. The van der Waals surface area contributed by atoms with Crippen molar-refractivity contribution in [2.45, 2.75) is 26.9 Å². The molecule has 9 nitrogen and oxygen atoms in total. The molecule has 0 aliphatic heterocycles. The largest absolute Gasteiger partial charge is 0.441 e. The molecular weight excluding hydrogens is 510 g/mol. The van der Waals surface area contributed by atoms with Gasteiger partial charge in [-0.1, -0.05) is 59.2 Å². The zero-order valence-corrected chi connectivity index (χ0v) is 21.5. The number of aryl methyl sites for hydroxylation is 1. The first-order valence-corrected chi connectivity index (χ1v) is 12.0. The van der Waals surface area contributed by atoms with Crippen LogP contribution in [0.4, 0.5) is 16.2 Å².